The van der Waals surface area contributed by atoms with Gasteiger partial charge in [-0.15, -0.1) is 0 Å². The lowest BCUT2D eigenvalue weighted by atomic mass is 10.1. The monoisotopic (exact) mass is 119 g/mol. The Bertz CT molecular complexity index is 80.5. The van der Waals surface area contributed by atoms with E-state index < -0.39 is 5.67 Å². The molecule has 0 aromatic rings. The number of aliphatic hydroxyl groups excluding tert-OH is 1. The normalized spacial score (nSPS) is 38.2. The van der Waals surface area contributed by atoms with Gasteiger partial charge in [-0.2, -0.15) is 0 Å². The van der Waals surface area contributed by atoms with Gasteiger partial charge >= 0.3 is 0 Å². The van der Waals surface area contributed by atoms with Crippen LogP contribution in [0.25, 0.3) is 0 Å². The van der Waals surface area contributed by atoms with E-state index in [1.807, 2.05) is 0 Å². The Kier molecular flexibility index (Phi) is 1.49. The first-order valence-corrected chi connectivity index (χ1v) is 2.77. The molecule has 1 rings (SSSR count). The SMILES string of the molecule is OC[C@@]1(F)CCNC1. The van der Waals surface area contributed by atoms with E-state index in [9.17, 15) is 4.39 Å². The topological polar surface area (TPSA) is 32.3 Å². The van der Waals surface area contributed by atoms with E-state index in [0.29, 0.717) is 19.5 Å². The highest BCUT2D eigenvalue weighted by Crippen LogP contribution is 2.17. The van der Waals surface area contributed by atoms with Gasteiger partial charge in [-0.3, -0.25) is 0 Å². The lowest BCUT2D eigenvalue weighted by molar-refractivity contribution is 0.0894. The minimum absolute atomic E-state index is 0.309. The van der Waals surface area contributed by atoms with E-state index in [2.05, 4.69) is 5.32 Å². The number of hydrogen-bond acceptors (Lipinski definition) is 2. The van der Waals surface area contributed by atoms with E-state index in [-0.39, 0.29) is 6.61 Å². The van der Waals surface area contributed by atoms with Crippen molar-refractivity contribution < 1.29 is 9.50 Å². The average molecular weight is 119 g/mol. The van der Waals surface area contributed by atoms with Crippen molar-refractivity contribution in [2.75, 3.05) is 19.7 Å². The fourth-order valence-electron chi connectivity index (χ4n) is 0.848. The van der Waals surface area contributed by atoms with Crippen LogP contribution in [0.1, 0.15) is 6.42 Å². The molecule has 0 radical (unpaired) electrons. The second-order valence-electron chi connectivity index (χ2n) is 2.24. The average Bonchev–Trinajstić information content (AvgIpc) is 2.17. The molecular formula is C5H10FNO. The Hall–Kier alpha value is -0.150. The molecule has 1 saturated heterocycles. The molecule has 2 N–H and O–H groups in total. The maximum absolute atomic E-state index is 12.7. The van der Waals surface area contributed by atoms with Crippen LogP contribution < -0.4 is 5.32 Å². The lowest BCUT2D eigenvalue weighted by Gasteiger charge is -2.12. The van der Waals surface area contributed by atoms with Crippen LogP contribution in [0.4, 0.5) is 4.39 Å². The molecule has 0 aromatic heterocycles. The van der Waals surface area contributed by atoms with Crippen molar-refractivity contribution in [3.63, 3.8) is 0 Å². The molecule has 0 unspecified atom stereocenters. The van der Waals surface area contributed by atoms with Crippen LogP contribution in [-0.2, 0) is 0 Å². The van der Waals surface area contributed by atoms with Crippen LogP contribution in [0.3, 0.4) is 0 Å². The van der Waals surface area contributed by atoms with Crippen molar-refractivity contribution in [1.29, 1.82) is 0 Å². The maximum Gasteiger partial charge on any atom is 0.147 e. The minimum Gasteiger partial charge on any atom is -0.393 e. The molecule has 2 nitrogen and oxygen atoms in total. The van der Waals surface area contributed by atoms with Crippen molar-refractivity contribution in [3.8, 4) is 0 Å². The molecule has 1 fully saturated rings. The first kappa shape index (κ1) is 5.98. The summed E-state index contributed by atoms with van der Waals surface area (Å²) in [7, 11) is 0. The third kappa shape index (κ3) is 0.980. The van der Waals surface area contributed by atoms with E-state index in [4.69, 9.17) is 5.11 Å². The highest BCUT2D eigenvalue weighted by atomic mass is 19.1. The van der Waals surface area contributed by atoms with Gasteiger partial charge in [-0.05, 0) is 13.0 Å². The number of aliphatic hydroxyl groups is 1. The fraction of sp³-hybridized carbons (Fsp3) is 1.00. The van der Waals surface area contributed by atoms with Crippen molar-refractivity contribution in [2.45, 2.75) is 12.1 Å². The highest BCUT2D eigenvalue weighted by molar-refractivity contribution is 4.87. The van der Waals surface area contributed by atoms with Gasteiger partial charge < -0.3 is 10.4 Å². The Morgan fingerprint density at radius 1 is 1.75 bits per heavy atom. The number of alkyl halides is 1. The number of halogens is 1. The minimum atomic E-state index is -1.32. The fourth-order valence-corrected chi connectivity index (χ4v) is 0.848. The van der Waals surface area contributed by atoms with Gasteiger partial charge in [0.2, 0.25) is 0 Å². The largest absolute Gasteiger partial charge is 0.393 e. The van der Waals surface area contributed by atoms with Crippen LogP contribution >= 0.6 is 0 Å². The number of hydrogen-bond donors (Lipinski definition) is 2. The first-order valence-electron chi connectivity index (χ1n) is 2.77. The summed E-state index contributed by atoms with van der Waals surface area (Å²) in [6, 6.07) is 0. The van der Waals surface area contributed by atoms with E-state index in [0.717, 1.165) is 0 Å². The van der Waals surface area contributed by atoms with Crippen LogP contribution in [0.15, 0.2) is 0 Å². The van der Waals surface area contributed by atoms with Crippen LogP contribution in [0, 0.1) is 0 Å². The molecule has 0 saturated carbocycles. The summed E-state index contributed by atoms with van der Waals surface area (Å²) < 4.78 is 12.7. The molecule has 8 heavy (non-hydrogen) atoms. The molecule has 1 aliphatic heterocycles. The molecule has 0 aliphatic carbocycles. The summed E-state index contributed by atoms with van der Waals surface area (Å²) in [6.07, 6.45) is 0.448. The van der Waals surface area contributed by atoms with Crippen molar-refractivity contribution in [2.24, 2.45) is 0 Å². The van der Waals surface area contributed by atoms with E-state index >= 15 is 0 Å². The number of rotatable bonds is 1. The van der Waals surface area contributed by atoms with E-state index in [1.165, 1.54) is 0 Å². The van der Waals surface area contributed by atoms with Gasteiger partial charge in [0.05, 0.1) is 6.61 Å². The summed E-state index contributed by atoms with van der Waals surface area (Å²) in [5.74, 6) is 0. The Balaban J connectivity index is 2.40. The molecule has 1 heterocycles. The number of nitrogens with one attached hydrogen (secondary N) is 1. The third-order valence-corrected chi connectivity index (χ3v) is 1.48. The van der Waals surface area contributed by atoms with Gasteiger partial charge in [0.1, 0.15) is 5.67 Å². The molecule has 0 aromatic carbocycles. The van der Waals surface area contributed by atoms with Crippen LogP contribution in [0.5, 0.6) is 0 Å². The zero-order valence-electron chi connectivity index (χ0n) is 4.65. The summed E-state index contributed by atoms with van der Waals surface area (Å²) in [5, 5.41) is 11.2. The van der Waals surface area contributed by atoms with Crippen molar-refractivity contribution in [3.05, 3.63) is 0 Å². The Morgan fingerprint density at radius 3 is 2.75 bits per heavy atom. The molecule has 0 bridgehead atoms. The molecule has 0 amide bonds. The predicted octanol–water partition coefficient (Wildman–Crippen LogP) is -0.320. The van der Waals surface area contributed by atoms with Crippen molar-refractivity contribution >= 4 is 0 Å². The lowest BCUT2D eigenvalue weighted by Crippen LogP contribution is -2.29. The van der Waals surface area contributed by atoms with Gasteiger partial charge in [-0.1, -0.05) is 0 Å². The highest BCUT2D eigenvalue weighted by Gasteiger charge is 2.32. The van der Waals surface area contributed by atoms with Crippen molar-refractivity contribution in [1.82, 2.24) is 5.32 Å². The summed E-state index contributed by atoms with van der Waals surface area (Å²) in [6.45, 7) is 0.653. The molecule has 1 atom stereocenters. The second-order valence-corrected chi connectivity index (χ2v) is 2.24. The van der Waals surface area contributed by atoms with Crippen LogP contribution in [-0.4, -0.2) is 30.5 Å². The Morgan fingerprint density at radius 2 is 2.50 bits per heavy atom. The third-order valence-electron chi connectivity index (χ3n) is 1.48. The summed E-state index contributed by atoms with van der Waals surface area (Å²) in [4.78, 5) is 0. The zero-order chi connectivity index (χ0) is 6.04. The molecule has 1 aliphatic rings. The molecule has 48 valence electrons. The maximum atomic E-state index is 12.7. The van der Waals surface area contributed by atoms with Gasteiger partial charge in [0.25, 0.3) is 0 Å². The van der Waals surface area contributed by atoms with Gasteiger partial charge in [0, 0.05) is 6.54 Å². The quantitative estimate of drug-likeness (QED) is 0.496. The first-order chi connectivity index (χ1) is 3.77. The summed E-state index contributed by atoms with van der Waals surface area (Å²) in [5.41, 5.74) is -1.32. The van der Waals surface area contributed by atoms with E-state index in [1.54, 1.807) is 0 Å². The second kappa shape index (κ2) is 1.99. The van der Waals surface area contributed by atoms with Gasteiger partial charge in [-0.25, -0.2) is 4.39 Å². The van der Waals surface area contributed by atoms with Crippen LogP contribution in [0.2, 0.25) is 0 Å². The zero-order valence-corrected chi connectivity index (χ0v) is 4.65. The van der Waals surface area contributed by atoms with Gasteiger partial charge in [0.15, 0.2) is 0 Å². The molecule has 3 heteroatoms. The Labute approximate surface area is 47.7 Å². The predicted molar refractivity (Wildman–Crippen MR) is 28.4 cm³/mol. The molecule has 0 spiro atoms. The smallest absolute Gasteiger partial charge is 0.147 e. The molecular weight excluding hydrogens is 109 g/mol. The standard InChI is InChI=1S/C5H10FNO/c6-5(4-8)1-2-7-3-5/h7-8H,1-4H2/t5-/m1/s1. The summed E-state index contributed by atoms with van der Waals surface area (Å²) >= 11 is 0.